The summed E-state index contributed by atoms with van der Waals surface area (Å²) >= 11 is 0. The molecule has 1 atom stereocenters. The van der Waals surface area contributed by atoms with Gasteiger partial charge in [-0.2, -0.15) is 15.0 Å². The third kappa shape index (κ3) is 3.59. The number of carbonyl (C=O) groups is 1. The second kappa shape index (κ2) is 7.20. The number of carbonyl (C=O) groups excluding carboxylic acids is 1. The number of para-hydroxylation sites is 1. The first kappa shape index (κ1) is 16.6. The van der Waals surface area contributed by atoms with Gasteiger partial charge in [0.05, 0.1) is 23.6 Å². The smallest absolute Gasteiger partial charge is 0.273 e. The Bertz CT molecular complexity index is 1020. The number of hydrogen-bond donors (Lipinski definition) is 1. The summed E-state index contributed by atoms with van der Waals surface area (Å²) in [6.07, 6.45) is 4.58. The molecule has 2 aromatic heterocycles. The van der Waals surface area contributed by atoms with Crippen molar-refractivity contribution in [2.75, 3.05) is 0 Å². The third-order valence-electron chi connectivity index (χ3n) is 4.14. The van der Waals surface area contributed by atoms with Gasteiger partial charge in [-0.05, 0) is 36.8 Å². The molecule has 8 heteroatoms. The summed E-state index contributed by atoms with van der Waals surface area (Å²) in [7, 11) is 0. The molecular formula is C19H17N7O. The maximum Gasteiger partial charge on any atom is 0.273 e. The summed E-state index contributed by atoms with van der Waals surface area (Å²) in [5, 5.41) is 15.4. The van der Waals surface area contributed by atoms with E-state index in [1.165, 1.54) is 17.3 Å². The van der Waals surface area contributed by atoms with Crippen molar-refractivity contribution in [3.8, 4) is 11.4 Å². The zero-order valence-corrected chi connectivity index (χ0v) is 14.6. The van der Waals surface area contributed by atoms with Crippen molar-refractivity contribution in [2.45, 2.75) is 13.0 Å². The topological polar surface area (TPSA) is 90.5 Å². The van der Waals surface area contributed by atoms with Gasteiger partial charge >= 0.3 is 0 Å². The molecule has 0 saturated carbocycles. The number of nitrogens with zero attached hydrogens (tertiary/aromatic N) is 6. The van der Waals surface area contributed by atoms with Crippen molar-refractivity contribution < 1.29 is 4.79 Å². The molecule has 1 N–H and O–H groups in total. The molecule has 4 aromatic rings. The van der Waals surface area contributed by atoms with E-state index in [2.05, 4.69) is 25.6 Å². The Kier molecular flexibility index (Phi) is 4.44. The minimum atomic E-state index is -0.273. The summed E-state index contributed by atoms with van der Waals surface area (Å²) in [5.41, 5.74) is 2.95. The first-order valence-electron chi connectivity index (χ1n) is 8.44. The first-order chi connectivity index (χ1) is 13.2. The molecule has 8 nitrogen and oxygen atoms in total. The van der Waals surface area contributed by atoms with Crippen LogP contribution in [0.3, 0.4) is 0 Å². The molecule has 1 amide bonds. The van der Waals surface area contributed by atoms with E-state index in [-0.39, 0.29) is 17.6 Å². The van der Waals surface area contributed by atoms with Crippen LogP contribution >= 0.6 is 0 Å². The summed E-state index contributed by atoms with van der Waals surface area (Å²) in [4.78, 5) is 17.8. The lowest BCUT2D eigenvalue weighted by Crippen LogP contribution is -2.27. The Morgan fingerprint density at radius 2 is 1.78 bits per heavy atom. The molecule has 0 saturated heterocycles. The van der Waals surface area contributed by atoms with Crippen molar-refractivity contribution in [1.82, 2.24) is 35.1 Å². The van der Waals surface area contributed by atoms with Crippen LogP contribution in [-0.4, -0.2) is 35.7 Å². The Balaban J connectivity index is 1.44. The Hall–Kier alpha value is -3.81. The highest BCUT2D eigenvalue weighted by Gasteiger charge is 2.15. The number of nitrogens with one attached hydrogen (secondary N) is 1. The van der Waals surface area contributed by atoms with Gasteiger partial charge in [-0.3, -0.25) is 4.79 Å². The maximum absolute atomic E-state index is 12.5. The summed E-state index contributed by atoms with van der Waals surface area (Å²) in [5.74, 6) is -0.273. The van der Waals surface area contributed by atoms with Gasteiger partial charge < -0.3 is 5.32 Å². The quantitative estimate of drug-likeness (QED) is 0.591. The van der Waals surface area contributed by atoms with Crippen LogP contribution in [0.25, 0.3) is 11.4 Å². The SMILES string of the molecule is CC(NC(=O)c1cnn(-c2ccccc2)n1)c1ccc(-n2cncn2)cc1. The average molecular weight is 359 g/mol. The van der Waals surface area contributed by atoms with E-state index in [1.54, 1.807) is 11.0 Å². The second-order valence-electron chi connectivity index (χ2n) is 5.98. The molecule has 2 aromatic carbocycles. The van der Waals surface area contributed by atoms with Crippen LogP contribution in [0.4, 0.5) is 0 Å². The zero-order chi connectivity index (χ0) is 18.6. The minimum Gasteiger partial charge on any atom is -0.344 e. The van der Waals surface area contributed by atoms with Gasteiger partial charge in [0.25, 0.3) is 5.91 Å². The molecule has 0 bridgehead atoms. The second-order valence-corrected chi connectivity index (χ2v) is 5.98. The van der Waals surface area contributed by atoms with Crippen molar-refractivity contribution in [3.05, 3.63) is 84.7 Å². The van der Waals surface area contributed by atoms with E-state index in [9.17, 15) is 4.79 Å². The molecule has 0 spiro atoms. The largest absolute Gasteiger partial charge is 0.344 e. The Morgan fingerprint density at radius 1 is 1.00 bits per heavy atom. The van der Waals surface area contributed by atoms with Gasteiger partial charge in [-0.15, -0.1) is 5.10 Å². The minimum absolute atomic E-state index is 0.177. The van der Waals surface area contributed by atoms with E-state index in [4.69, 9.17) is 0 Å². The van der Waals surface area contributed by atoms with E-state index < -0.39 is 0 Å². The first-order valence-corrected chi connectivity index (χ1v) is 8.44. The monoisotopic (exact) mass is 359 g/mol. The molecule has 0 aliphatic rings. The maximum atomic E-state index is 12.5. The zero-order valence-electron chi connectivity index (χ0n) is 14.6. The fourth-order valence-corrected chi connectivity index (χ4v) is 2.66. The van der Waals surface area contributed by atoms with Gasteiger partial charge in [0.1, 0.15) is 12.7 Å². The molecule has 4 rings (SSSR count). The summed E-state index contributed by atoms with van der Waals surface area (Å²) < 4.78 is 1.68. The highest BCUT2D eigenvalue weighted by Crippen LogP contribution is 2.15. The Labute approximate surface area is 155 Å². The normalized spacial score (nSPS) is 11.9. The van der Waals surface area contributed by atoms with E-state index in [0.717, 1.165) is 16.9 Å². The third-order valence-corrected chi connectivity index (χ3v) is 4.14. The lowest BCUT2D eigenvalue weighted by molar-refractivity contribution is 0.0934. The molecular weight excluding hydrogens is 342 g/mol. The molecule has 27 heavy (non-hydrogen) atoms. The molecule has 0 aliphatic heterocycles. The van der Waals surface area contributed by atoms with Crippen LogP contribution in [0.5, 0.6) is 0 Å². The van der Waals surface area contributed by atoms with Gasteiger partial charge in [-0.25, -0.2) is 9.67 Å². The highest BCUT2D eigenvalue weighted by atomic mass is 16.2. The van der Waals surface area contributed by atoms with Crippen LogP contribution in [0, 0.1) is 0 Å². The molecule has 0 aliphatic carbocycles. The van der Waals surface area contributed by atoms with Crippen LogP contribution in [0.2, 0.25) is 0 Å². The molecule has 1 unspecified atom stereocenters. The molecule has 0 fully saturated rings. The average Bonchev–Trinajstić information content (AvgIpc) is 3.41. The van der Waals surface area contributed by atoms with Crippen LogP contribution in [0.1, 0.15) is 29.0 Å². The van der Waals surface area contributed by atoms with Crippen LogP contribution < -0.4 is 5.32 Å². The van der Waals surface area contributed by atoms with Crippen molar-refractivity contribution >= 4 is 5.91 Å². The summed E-state index contributed by atoms with van der Waals surface area (Å²) in [6.45, 7) is 1.92. The van der Waals surface area contributed by atoms with Gasteiger partial charge in [0.2, 0.25) is 0 Å². The number of aromatic nitrogens is 6. The van der Waals surface area contributed by atoms with Gasteiger partial charge in [-0.1, -0.05) is 30.3 Å². The predicted molar refractivity (Wildman–Crippen MR) is 98.6 cm³/mol. The van der Waals surface area contributed by atoms with Crippen molar-refractivity contribution in [1.29, 1.82) is 0 Å². The molecule has 2 heterocycles. The molecule has 134 valence electrons. The standard InChI is InChI=1S/C19H17N7O/c1-14(15-7-9-16(10-8-15)25-13-20-12-22-25)23-19(27)18-11-21-26(24-18)17-5-3-2-4-6-17/h2-14H,1H3,(H,23,27). The van der Waals surface area contributed by atoms with E-state index >= 15 is 0 Å². The number of amides is 1. The lowest BCUT2D eigenvalue weighted by Gasteiger charge is -2.14. The van der Waals surface area contributed by atoms with Crippen molar-refractivity contribution in [3.63, 3.8) is 0 Å². The fraction of sp³-hybridized carbons (Fsp3) is 0.105. The van der Waals surface area contributed by atoms with Crippen molar-refractivity contribution in [2.24, 2.45) is 0 Å². The predicted octanol–water partition coefficient (Wildman–Crippen LogP) is 2.34. The Morgan fingerprint density at radius 3 is 2.48 bits per heavy atom. The highest BCUT2D eigenvalue weighted by molar-refractivity contribution is 5.92. The number of hydrogen-bond acceptors (Lipinski definition) is 5. The van der Waals surface area contributed by atoms with E-state index in [0.29, 0.717) is 0 Å². The number of rotatable bonds is 5. The number of benzene rings is 2. The van der Waals surface area contributed by atoms with Gasteiger partial charge in [0, 0.05) is 0 Å². The van der Waals surface area contributed by atoms with E-state index in [1.807, 2.05) is 61.5 Å². The summed E-state index contributed by atoms with van der Waals surface area (Å²) in [6, 6.07) is 17.0. The van der Waals surface area contributed by atoms with Crippen LogP contribution in [-0.2, 0) is 0 Å². The fourth-order valence-electron chi connectivity index (χ4n) is 2.66. The van der Waals surface area contributed by atoms with Gasteiger partial charge in [0.15, 0.2) is 5.69 Å². The lowest BCUT2D eigenvalue weighted by atomic mass is 10.1. The van der Waals surface area contributed by atoms with Crippen LogP contribution in [0.15, 0.2) is 73.4 Å². The molecule has 0 radical (unpaired) electrons.